The van der Waals surface area contributed by atoms with Gasteiger partial charge in [-0.2, -0.15) is 0 Å². The van der Waals surface area contributed by atoms with Crippen LogP contribution in [0.1, 0.15) is 12.8 Å². The van der Waals surface area contributed by atoms with E-state index in [0.717, 1.165) is 19.2 Å². The molecule has 0 saturated carbocycles. The van der Waals surface area contributed by atoms with Crippen LogP contribution in [0.2, 0.25) is 0 Å². The fourth-order valence-corrected chi connectivity index (χ4v) is 3.52. The molecule has 8 heteroatoms. The van der Waals surface area contributed by atoms with E-state index in [1.54, 1.807) is 24.3 Å². The molecule has 1 aliphatic rings. The molecule has 134 valence electrons. The molecule has 24 heavy (non-hydrogen) atoms. The molecule has 7 nitrogen and oxygen atoms in total. The van der Waals surface area contributed by atoms with E-state index in [2.05, 4.69) is 10.2 Å². The quantitative estimate of drug-likeness (QED) is 0.759. The number of ether oxygens (including phenoxy) is 1. The second kappa shape index (κ2) is 7.85. The summed E-state index contributed by atoms with van der Waals surface area (Å²) in [7, 11) is 0.532. The van der Waals surface area contributed by atoms with Gasteiger partial charge < -0.3 is 15.0 Å². The largest absolute Gasteiger partial charge is 0.478 e. The van der Waals surface area contributed by atoms with Gasteiger partial charge in [0.15, 0.2) is 6.10 Å². The molecule has 1 atom stereocenters. The minimum atomic E-state index is -3.43. The highest BCUT2D eigenvalue weighted by Gasteiger charge is 2.30. The van der Waals surface area contributed by atoms with Crippen LogP contribution in [0.3, 0.4) is 0 Å². The Bertz CT molecular complexity index is 676. The molecule has 1 unspecified atom stereocenters. The molecule has 1 aromatic carbocycles. The Morgan fingerprint density at radius 2 is 2.08 bits per heavy atom. The third-order valence-electron chi connectivity index (χ3n) is 3.77. The van der Waals surface area contributed by atoms with Crippen LogP contribution in [-0.2, 0) is 14.8 Å². The number of fused-ring (bicyclic) bond motifs is 1. The number of carbonyl (C=O) groups excluding carboxylic acids is 1. The van der Waals surface area contributed by atoms with Crippen LogP contribution < -0.4 is 14.4 Å². The molecule has 0 saturated heterocycles. The predicted molar refractivity (Wildman–Crippen MR) is 93.8 cm³/mol. The lowest BCUT2D eigenvalue weighted by molar-refractivity contribution is -0.128. The zero-order chi connectivity index (χ0) is 17.7. The van der Waals surface area contributed by atoms with E-state index in [0.29, 0.717) is 24.4 Å². The van der Waals surface area contributed by atoms with Crippen molar-refractivity contribution < 1.29 is 17.9 Å². The molecular formula is C16H25N3O4S. The molecule has 1 aromatic rings. The molecule has 0 aliphatic carbocycles. The Morgan fingerprint density at radius 1 is 1.38 bits per heavy atom. The highest BCUT2D eigenvalue weighted by Crippen LogP contribution is 2.33. The average molecular weight is 355 g/mol. The SMILES string of the molecule is CN(C)CCCNC(=O)C1CCN(S(C)(=O)=O)c2ccccc2O1. The van der Waals surface area contributed by atoms with Crippen molar-refractivity contribution >= 4 is 21.6 Å². The van der Waals surface area contributed by atoms with Gasteiger partial charge in [0, 0.05) is 19.5 Å². The van der Waals surface area contributed by atoms with E-state index in [1.165, 1.54) is 4.31 Å². The monoisotopic (exact) mass is 355 g/mol. The molecule has 0 aromatic heterocycles. The summed E-state index contributed by atoms with van der Waals surface area (Å²) in [5.41, 5.74) is 0.475. The standard InChI is InChI=1S/C16H25N3O4S/c1-18(2)11-6-10-17-16(20)15-9-12-19(24(3,21)22)13-7-4-5-8-14(13)23-15/h4-5,7-8,15H,6,9-12H2,1-3H3,(H,17,20). The van der Waals surface area contributed by atoms with E-state index >= 15 is 0 Å². The summed E-state index contributed by atoms with van der Waals surface area (Å²) < 4.78 is 31.1. The van der Waals surface area contributed by atoms with Gasteiger partial charge in [-0.1, -0.05) is 12.1 Å². The van der Waals surface area contributed by atoms with Gasteiger partial charge in [-0.3, -0.25) is 9.10 Å². The van der Waals surface area contributed by atoms with E-state index in [-0.39, 0.29) is 12.5 Å². The first-order chi connectivity index (χ1) is 11.3. The number of sulfonamides is 1. The molecule has 1 heterocycles. The van der Waals surface area contributed by atoms with Crippen molar-refractivity contribution in [2.24, 2.45) is 0 Å². The third-order valence-corrected chi connectivity index (χ3v) is 4.95. The van der Waals surface area contributed by atoms with Crippen LogP contribution >= 0.6 is 0 Å². The molecule has 0 radical (unpaired) electrons. The summed E-state index contributed by atoms with van der Waals surface area (Å²) in [6.07, 6.45) is 1.61. The summed E-state index contributed by atoms with van der Waals surface area (Å²) in [6, 6.07) is 6.89. The number of para-hydroxylation sites is 2. The maximum absolute atomic E-state index is 12.3. The van der Waals surface area contributed by atoms with Crippen molar-refractivity contribution in [2.45, 2.75) is 18.9 Å². The Morgan fingerprint density at radius 3 is 2.75 bits per heavy atom. The summed E-state index contributed by atoms with van der Waals surface area (Å²) in [4.78, 5) is 14.4. The lowest BCUT2D eigenvalue weighted by Crippen LogP contribution is -2.40. The number of hydrogen-bond donors (Lipinski definition) is 1. The highest BCUT2D eigenvalue weighted by atomic mass is 32.2. The molecule has 1 N–H and O–H groups in total. The smallest absolute Gasteiger partial charge is 0.261 e. The van der Waals surface area contributed by atoms with Gasteiger partial charge in [-0.25, -0.2) is 8.42 Å². The van der Waals surface area contributed by atoms with Crippen LogP contribution in [0.25, 0.3) is 0 Å². The van der Waals surface area contributed by atoms with E-state index in [1.807, 2.05) is 14.1 Å². The number of nitrogens with zero attached hydrogens (tertiary/aromatic N) is 2. The lowest BCUT2D eigenvalue weighted by atomic mass is 10.2. The van der Waals surface area contributed by atoms with E-state index < -0.39 is 16.1 Å². The molecule has 0 spiro atoms. The Kier molecular flexibility index (Phi) is 6.06. The van der Waals surface area contributed by atoms with Crippen LogP contribution in [0.5, 0.6) is 5.75 Å². The first-order valence-electron chi connectivity index (χ1n) is 7.95. The van der Waals surface area contributed by atoms with Gasteiger partial charge in [0.05, 0.1) is 11.9 Å². The first-order valence-corrected chi connectivity index (χ1v) is 9.79. The fraction of sp³-hybridized carbons (Fsp3) is 0.562. The molecular weight excluding hydrogens is 330 g/mol. The fourth-order valence-electron chi connectivity index (χ4n) is 2.58. The summed E-state index contributed by atoms with van der Waals surface area (Å²) in [6.45, 7) is 1.66. The number of rotatable bonds is 6. The van der Waals surface area contributed by atoms with Gasteiger partial charge >= 0.3 is 0 Å². The molecule has 2 rings (SSSR count). The van der Waals surface area contributed by atoms with Gasteiger partial charge in [0.1, 0.15) is 5.75 Å². The first kappa shape index (κ1) is 18.5. The highest BCUT2D eigenvalue weighted by molar-refractivity contribution is 7.92. The summed E-state index contributed by atoms with van der Waals surface area (Å²) in [5, 5.41) is 2.86. The van der Waals surface area contributed by atoms with Crippen LogP contribution in [0, 0.1) is 0 Å². The van der Waals surface area contributed by atoms with Crippen LogP contribution in [0.15, 0.2) is 24.3 Å². The number of carbonyl (C=O) groups is 1. The van der Waals surface area contributed by atoms with E-state index in [9.17, 15) is 13.2 Å². The van der Waals surface area contributed by atoms with Crippen LogP contribution in [0.4, 0.5) is 5.69 Å². The molecule has 1 amide bonds. The zero-order valence-electron chi connectivity index (χ0n) is 14.4. The van der Waals surface area contributed by atoms with Crippen LogP contribution in [-0.4, -0.2) is 65.3 Å². The summed E-state index contributed by atoms with van der Waals surface area (Å²) in [5.74, 6) is 0.202. The normalized spacial score (nSPS) is 17.8. The van der Waals surface area contributed by atoms with Crippen molar-refractivity contribution in [3.63, 3.8) is 0 Å². The minimum Gasteiger partial charge on any atom is -0.478 e. The van der Waals surface area contributed by atoms with Crippen molar-refractivity contribution in [2.75, 3.05) is 44.3 Å². The van der Waals surface area contributed by atoms with Gasteiger partial charge in [-0.05, 0) is 39.2 Å². The number of benzene rings is 1. The Hall–Kier alpha value is -1.80. The number of anilines is 1. The molecule has 0 fully saturated rings. The van der Waals surface area contributed by atoms with Crippen molar-refractivity contribution in [3.8, 4) is 5.75 Å². The molecule has 1 aliphatic heterocycles. The topological polar surface area (TPSA) is 79.0 Å². The Balaban J connectivity index is 2.07. The molecule has 0 bridgehead atoms. The van der Waals surface area contributed by atoms with Crippen molar-refractivity contribution in [1.82, 2.24) is 10.2 Å². The zero-order valence-corrected chi connectivity index (χ0v) is 15.2. The second-order valence-corrected chi connectivity index (χ2v) is 8.05. The Labute approximate surface area is 143 Å². The van der Waals surface area contributed by atoms with Gasteiger partial charge in [-0.15, -0.1) is 0 Å². The van der Waals surface area contributed by atoms with Gasteiger partial charge in [0.25, 0.3) is 5.91 Å². The maximum Gasteiger partial charge on any atom is 0.261 e. The number of amides is 1. The second-order valence-electron chi connectivity index (χ2n) is 6.15. The summed E-state index contributed by atoms with van der Waals surface area (Å²) >= 11 is 0. The van der Waals surface area contributed by atoms with Crippen molar-refractivity contribution in [3.05, 3.63) is 24.3 Å². The lowest BCUT2D eigenvalue weighted by Gasteiger charge is -2.20. The van der Waals surface area contributed by atoms with Gasteiger partial charge in [0.2, 0.25) is 10.0 Å². The number of hydrogen-bond acceptors (Lipinski definition) is 5. The number of nitrogens with one attached hydrogen (secondary N) is 1. The van der Waals surface area contributed by atoms with Crippen molar-refractivity contribution in [1.29, 1.82) is 0 Å². The average Bonchev–Trinajstić information content (AvgIpc) is 2.70. The maximum atomic E-state index is 12.3. The minimum absolute atomic E-state index is 0.209. The third kappa shape index (κ3) is 4.85. The van der Waals surface area contributed by atoms with E-state index in [4.69, 9.17) is 4.74 Å². The predicted octanol–water partition coefficient (Wildman–Crippen LogP) is 0.672.